The quantitative estimate of drug-likeness (QED) is 0.291. The van der Waals surface area contributed by atoms with Gasteiger partial charge in [0.1, 0.15) is 11.3 Å². The van der Waals surface area contributed by atoms with Crippen LogP contribution in [0.4, 0.5) is 0 Å². The monoisotopic (exact) mass is 259 g/mol. The molecule has 1 aromatic carbocycles. The van der Waals surface area contributed by atoms with Crippen molar-refractivity contribution in [2.75, 3.05) is 13.7 Å². The molecule has 1 aromatic rings. The third kappa shape index (κ3) is 4.79. The first kappa shape index (κ1) is 14.7. The SMILES string of the molecule is CCN=CC(C(=O)OC)=C(O)C=Cc1ccccc1. The normalized spacial score (nSPS) is 12.7. The molecule has 0 aromatic heterocycles. The summed E-state index contributed by atoms with van der Waals surface area (Å²) < 4.78 is 4.60. The van der Waals surface area contributed by atoms with E-state index in [-0.39, 0.29) is 11.3 Å². The van der Waals surface area contributed by atoms with E-state index < -0.39 is 5.97 Å². The second-order valence-corrected chi connectivity index (χ2v) is 3.66. The molecule has 0 heterocycles. The Morgan fingerprint density at radius 1 is 1.37 bits per heavy atom. The van der Waals surface area contributed by atoms with Crippen LogP contribution in [0.15, 0.2) is 52.7 Å². The van der Waals surface area contributed by atoms with Gasteiger partial charge in [0, 0.05) is 12.8 Å². The highest BCUT2D eigenvalue weighted by atomic mass is 16.5. The zero-order chi connectivity index (χ0) is 14.1. The molecule has 19 heavy (non-hydrogen) atoms. The molecule has 0 atom stereocenters. The molecule has 0 spiro atoms. The fraction of sp³-hybridized carbons (Fsp3) is 0.200. The predicted octanol–water partition coefficient (Wildman–Crippen LogP) is 2.78. The van der Waals surface area contributed by atoms with Gasteiger partial charge in [-0.1, -0.05) is 36.4 Å². The Balaban J connectivity index is 2.99. The third-order valence-corrected chi connectivity index (χ3v) is 2.32. The first-order valence-electron chi connectivity index (χ1n) is 5.93. The fourth-order valence-electron chi connectivity index (χ4n) is 1.35. The Morgan fingerprint density at radius 3 is 2.63 bits per heavy atom. The van der Waals surface area contributed by atoms with Gasteiger partial charge in [0.15, 0.2) is 0 Å². The minimum absolute atomic E-state index is 0.0385. The molecule has 0 radical (unpaired) electrons. The number of aliphatic hydroxyl groups excluding tert-OH is 1. The maximum Gasteiger partial charge on any atom is 0.343 e. The number of hydrogen-bond donors (Lipinski definition) is 1. The maximum absolute atomic E-state index is 11.5. The minimum atomic E-state index is -0.618. The molecule has 0 aliphatic carbocycles. The molecular formula is C15H17NO3. The minimum Gasteiger partial charge on any atom is -0.507 e. The van der Waals surface area contributed by atoms with E-state index in [2.05, 4.69) is 9.73 Å². The summed E-state index contributed by atoms with van der Waals surface area (Å²) >= 11 is 0. The first-order chi connectivity index (χ1) is 9.19. The smallest absolute Gasteiger partial charge is 0.343 e. The average molecular weight is 259 g/mol. The van der Waals surface area contributed by atoms with E-state index in [4.69, 9.17) is 0 Å². The number of methoxy groups -OCH3 is 1. The molecule has 0 amide bonds. The van der Waals surface area contributed by atoms with E-state index in [9.17, 15) is 9.90 Å². The number of ether oxygens (including phenoxy) is 1. The maximum atomic E-state index is 11.5. The van der Waals surface area contributed by atoms with Gasteiger partial charge < -0.3 is 9.84 Å². The lowest BCUT2D eigenvalue weighted by Crippen LogP contribution is -2.08. The van der Waals surface area contributed by atoms with Crippen molar-refractivity contribution in [3.05, 3.63) is 53.3 Å². The van der Waals surface area contributed by atoms with Crippen LogP contribution in [0.2, 0.25) is 0 Å². The van der Waals surface area contributed by atoms with E-state index in [0.717, 1.165) is 5.56 Å². The molecule has 0 saturated heterocycles. The van der Waals surface area contributed by atoms with Crippen LogP contribution < -0.4 is 0 Å². The van der Waals surface area contributed by atoms with E-state index in [1.54, 1.807) is 6.08 Å². The lowest BCUT2D eigenvalue weighted by atomic mass is 10.1. The Morgan fingerprint density at radius 2 is 2.05 bits per heavy atom. The molecule has 4 nitrogen and oxygen atoms in total. The largest absolute Gasteiger partial charge is 0.507 e. The lowest BCUT2D eigenvalue weighted by Gasteiger charge is -2.01. The molecule has 0 fully saturated rings. The molecular weight excluding hydrogens is 242 g/mol. The highest BCUT2D eigenvalue weighted by molar-refractivity contribution is 6.10. The number of nitrogens with zero attached hydrogens (tertiary/aromatic N) is 1. The summed E-state index contributed by atoms with van der Waals surface area (Å²) in [5, 5.41) is 9.90. The van der Waals surface area contributed by atoms with Gasteiger partial charge >= 0.3 is 5.97 Å². The summed E-state index contributed by atoms with van der Waals surface area (Å²) in [7, 11) is 1.26. The van der Waals surface area contributed by atoms with Gasteiger partial charge in [0.25, 0.3) is 0 Å². The average Bonchev–Trinajstić information content (AvgIpc) is 2.46. The van der Waals surface area contributed by atoms with Crippen molar-refractivity contribution in [1.29, 1.82) is 0 Å². The van der Waals surface area contributed by atoms with Crippen LogP contribution in [0.3, 0.4) is 0 Å². The second-order valence-electron chi connectivity index (χ2n) is 3.66. The topological polar surface area (TPSA) is 58.9 Å². The number of esters is 1. The third-order valence-electron chi connectivity index (χ3n) is 2.32. The van der Waals surface area contributed by atoms with E-state index >= 15 is 0 Å². The number of rotatable bonds is 5. The molecule has 0 saturated carbocycles. The molecule has 0 aliphatic heterocycles. The van der Waals surface area contributed by atoms with Crippen LogP contribution in [0.25, 0.3) is 6.08 Å². The Hall–Kier alpha value is -2.36. The van der Waals surface area contributed by atoms with Crippen molar-refractivity contribution < 1.29 is 14.6 Å². The summed E-state index contributed by atoms with van der Waals surface area (Å²) in [6.45, 7) is 2.36. The zero-order valence-electron chi connectivity index (χ0n) is 11.0. The predicted molar refractivity (Wildman–Crippen MR) is 76.2 cm³/mol. The molecule has 0 aliphatic rings. The van der Waals surface area contributed by atoms with Gasteiger partial charge in [0.2, 0.25) is 0 Å². The number of carbonyl (C=O) groups excluding carboxylic acids is 1. The standard InChI is InChI=1S/C15H17NO3/c1-3-16-11-13(15(18)19-2)14(17)10-9-12-7-5-4-6-8-12/h4-11,17H,3H2,1-2H3. The summed E-state index contributed by atoms with van der Waals surface area (Å²) in [4.78, 5) is 15.4. The summed E-state index contributed by atoms with van der Waals surface area (Å²) in [6, 6.07) is 9.46. The van der Waals surface area contributed by atoms with Gasteiger partial charge in [-0.25, -0.2) is 4.79 Å². The van der Waals surface area contributed by atoms with Crippen molar-refractivity contribution in [2.24, 2.45) is 4.99 Å². The van der Waals surface area contributed by atoms with Crippen molar-refractivity contribution in [3.8, 4) is 0 Å². The number of hydrogen-bond acceptors (Lipinski definition) is 4. The summed E-state index contributed by atoms with van der Waals surface area (Å²) in [5.74, 6) is -0.791. The van der Waals surface area contributed by atoms with Crippen LogP contribution in [0, 0.1) is 0 Å². The van der Waals surface area contributed by atoms with Crippen LogP contribution in [-0.2, 0) is 9.53 Å². The second kappa shape index (κ2) is 7.87. The highest BCUT2D eigenvalue weighted by Crippen LogP contribution is 2.08. The molecule has 0 unspecified atom stereocenters. The molecule has 4 heteroatoms. The number of aliphatic hydroxyl groups is 1. The van der Waals surface area contributed by atoms with Crippen molar-refractivity contribution in [3.63, 3.8) is 0 Å². The molecule has 1 N–H and O–H groups in total. The zero-order valence-corrected chi connectivity index (χ0v) is 11.0. The number of carbonyl (C=O) groups is 1. The van der Waals surface area contributed by atoms with Crippen LogP contribution >= 0.6 is 0 Å². The van der Waals surface area contributed by atoms with Crippen molar-refractivity contribution in [1.82, 2.24) is 0 Å². The Labute approximate surface area is 112 Å². The van der Waals surface area contributed by atoms with Crippen LogP contribution in [0.5, 0.6) is 0 Å². The lowest BCUT2D eigenvalue weighted by molar-refractivity contribution is -0.135. The van der Waals surface area contributed by atoms with E-state index in [1.165, 1.54) is 19.4 Å². The Kier molecular flexibility index (Phi) is 6.09. The molecule has 100 valence electrons. The number of benzene rings is 1. The first-order valence-corrected chi connectivity index (χ1v) is 5.93. The molecule has 0 bridgehead atoms. The van der Waals surface area contributed by atoms with E-state index in [1.807, 2.05) is 37.3 Å². The van der Waals surface area contributed by atoms with Crippen LogP contribution in [0.1, 0.15) is 12.5 Å². The summed E-state index contributed by atoms with van der Waals surface area (Å²) in [6.07, 6.45) is 4.47. The van der Waals surface area contributed by atoms with Gasteiger partial charge in [-0.15, -0.1) is 0 Å². The van der Waals surface area contributed by atoms with Crippen LogP contribution in [-0.4, -0.2) is 30.9 Å². The van der Waals surface area contributed by atoms with Gasteiger partial charge in [-0.3, -0.25) is 4.99 Å². The van der Waals surface area contributed by atoms with Crippen molar-refractivity contribution >= 4 is 18.3 Å². The van der Waals surface area contributed by atoms with Gasteiger partial charge in [-0.2, -0.15) is 0 Å². The van der Waals surface area contributed by atoms with Gasteiger partial charge in [-0.05, 0) is 18.6 Å². The Bertz CT molecular complexity index is 501. The molecule has 1 rings (SSSR count). The summed E-state index contributed by atoms with van der Waals surface area (Å²) in [5.41, 5.74) is 0.960. The van der Waals surface area contributed by atoms with E-state index in [0.29, 0.717) is 6.54 Å². The van der Waals surface area contributed by atoms with Gasteiger partial charge in [0.05, 0.1) is 7.11 Å². The highest BCUT2D eigenvalue weighted by Gasteiger charge is 2.11. The van der Waals surface area contributed by atoms with Crippen molar-refractivity contribution in [2.45, 2.75) is 6.92 Å². The number of aliphatic imine (C=N–C) groups is 1. The number of allylic oxidation sites excluding steroid dienone is 1. The fourth-order valence-corrected chi connectivity index (χ4v) is 1.35.